The fourth-order valence-electron chi connectivity index (χ4n) is 7.49. The Hall–Kier alpha value is -4.81. The zero-order chi connectivity index (χ0) is 34.1. The van der Waals surface area contributed by atoms with Crippen LogP contribution in [0.25, 0.3) is 22.4 Å². The first kappa shape index (κ1) is 31.8. The summed E-state index contributed by atoms with van der Waals surface area (Å²) < 4.78 is 7.68. The van der Waals surface area contributed by atoms with E-state index in [4.69, 9.17) is 21.3 Å². The number of anilines is 1. The Labute approximate surface area is 281 Å². The number of nitrogens with zero attached hydrogens (tertiary/aromatic N) is 6. The molecule has 13 heteroatoms. The Balaban J connectivity index is 1.16. The molecular weight excluding hydrogens is 634 g/mol. The van der Waals surface area contributed by atoms with E-state index in [2.05, 4.69) is 21.4 Å². The second kappa shape index (κ2) is 11.7. The van der Waals surface area contributed by atoms with E-state index in [0.717, 1.165) is 76.1 Å². The van der Waals surface area contributed by atoms with Crippen molar-refractivity contribution in [3.8, 4) is 28.3 Å². The molecule has 3 aliphatic rings. The zero-order valence-electron chi connectivity index (χ0n) is 27.5. The molecule has 12 nitrogen and oxygen atoms in total. The topological polar surface area (TPSA) is 132 Å². The molecule has 1 N–H and O–H groups in total. The zero-order valence-corrected chi connectivity index (χ0v) is 28.2. The van der Waals surface area contributed by atoms with Crippen molar-refractivity contribution in [3.05, 3.63) is 90.7 Å². The van der Waals surface area contributed by atoms with Crippen molar-refractivity contribution >= 4 is 29.1 Å². The molecule has 4 aromatic rings. The number of fused-ring (bicyclic) bond motifs is 1. The number of carbonyl (C=O) groups excluding carboxylic acids is 2. The van der Waals surface area contributed by atoms with E-state index in [1.165, 1.54) is 19.7 Å². The van der Waals surface area contributed by atoms with Crippen LogP contribution in [0, 0.1) is 12.3 Å². The molecule has 7 rings (SSSR count). The molecule has 0 unspecified atom stereocenters. The maximum absolute atomic E-state index is 13.1. The van der Waals surface area contributed by atoms with Crippen molar-refractivity contribution in [3.63, 3.8) is 0 Å². The summed E-state index contributed by atoms with van der Waals surface area (Å²) in [6, 6.07) is 13.6. The average Bonchev–Trinajstić information content (AvgIpc) is 3.45. The number of aromatic nitrogens is 4. The Morgan fingerprint density at radius 2 is 1.71 bits per heavy atom. The summed E-state index contributed by atoms with van der Waals surface area (Å²) in [5.74, 6) is 0.0218. The standard InChI is InChI=1S/C35H36ClN7O5/c1-19-22(8-7-11-25(19)37-31(45)30-33(46)40(3)34(47)41(4)39-30)23-9-6-10-24(29(23)36)26-14-21-12-13-27(28(21)32(38-26)48-5)43-17-35(18-43)15-42(16-35)20(2)44/h6-11,14,27H,12-13,15-18H2,1-5H3,(H,37,45)/t27-/m1/s1. The van der Waals surface area contributed by atoms with Crippen LogP contribution in [0.2, 0.25) is 5.02 Å². The second-order valence-electron chi connectivity index (χ2n) is 13.1. The molecule has 2 saturated heterocycles. The molecule has 2 fully saturated rings. The number of nitrogens with one attached hydrogen (secondary N) is 1. The van der Waals surface area contributed by atoms with Gasteiger partial charge in [-0.3, -0.25) is 23.9 Å². The minimum absolute atomic E-state index is 0.143. The smallest absolute Gasteiger partial charge is 0.346 e. The van der Waals surface area contributed by atoms with Crippen molar-refractivity contribution < 1.29 is 14.3 Å². The van der Waals surface area contributed by atoms with E-state index < -0.39 is 17.2 Å². The summed E-state index contributed by atoms with van der Waals surface area (Å²) in [7, 11) is 4.33. The highest BCUT2D eigenvalue weighted by molar-refractivity contribution is 6.36. The van der Waals surface area contributed by atoms with Gasteiger partial charge in [0.05, 0.1) is 17.8 Å². The molecule has 0 radical (unpaired) electrons. The summed E-state index contributed by atoms with van der Waals surface area (Å²) in [6.45, 7) is 7.10. The lowest BCUT2D eigenvalue weighted by Crippen LogP contribution is -2.72. The average molecular weight is 670 g/mol. The van der Waals surface area contributed by atoms with Gasteiger partial charge in [-0.25, -0.2) is 14.5 Å². The van der Waals surface area contributed by atoms with Crippen molar-refractivity contribution in [1.29, 1.82) is 0 Å². The van der Waals surface area contributed by atoms with E-state index in [0.29, 0.717) is 22.3 Å². The number of ether oxygens (including phenoxy) is 1. The van der Waals surface area contributed by atoms with Gasteiger partial charge in [0.1, 0.15) is 0 Å². The first-order valence-electron chi connectivity index (χ1n) is 15.8. The van der Waals surface area contributed by atoms with E-state index in [-0.39, 0.29) is 23.1 Å². The molecule has 2 aromatic carbocycles. The number of halogens is 1. The number of amides is 2. The largest absolute Gasteiger partial charge is 0.481 e. The summed E-state index contributed by atoms with van der Waals surface area (Å²) in [5.41, 5.74) is 4.98. The third-order valence-electron chi connectivity index (χ3n) is 10.0. The van der Waals surface area contributed by atoms with Gasteiger partial charge in [-0.2, -0.15) is 5.10 Å². The maximum Gasteiger partial charge on any atom is 0.346 e. The minimum atomic E-state index is -0.781. The SMILES string of the molecule is COc1nc(-c2cccc(-c3cccc(NC(=O)c4nn(C)c(=O)n(C)c4=O)c3C)c2Cl)cc2c1[C@H](N1CC3(CN(C(C)=O)C3)C1)CC2. The van der Waals surface area contributed by atoms with Gasteiger partial charge < -0.3 is 15.0 Å². The third-order valence-corrected chi connectivity index (χ3v) is 10.4. The fourth-order valence-corrected chi connectivity index (χ4v) is 7.81. The molecule has 48 heavy (non-hydrogen) atoms. The number of benzene rings is 2. The second-order valence-corrected chi connectivity index (χ2v) is 13.5. The van der Waals surface area contributed by atoms with E-state index in [1.54, 1.807) is 26.2 Å². The summed E-state index contributed by atoms with van der Waals surface area (Å²) in [4.78, 5) is 58.8. The maximum atomic E-state index is 13.1. The van der Waals surface area contributed by atoms with Crippen LogP contribution in [0.1, 0.15) is 46.6 Å². The van der Waals surface area contributed by atoms with Gasteiger partial charge in [-0.15, -0.1) is 0 Å². The predicted octanol–water partition coefficient (Wildman–Crippen LogP) is 3.58. The number of likely N-dealkylation sites (tertiary alicyclic amines) is 2. The number of methoxy groups -OCH3 is 1. The molecule has 2 amide bonds. The molecule has 2 aromatic heterocycles. The molecular formula is C35H36ClN7O5. The number of pyridine rings is 1. The monoisotopic (exact) mass is 669 g/mol. The number of hydrogen-bond acceptors (Lipinski definition) is 8. The van der Waals surface area contributed by atoms with Crippen LogP contribution in [-0.2, 0) is 25.3 Å². The van der Waals surface area contributed by atoms with Crippen LogP contribution in [0.5, 0.6) is 5.88 Å². The van der Waals surface area contributed by atoms with Crippen LogP contribution in [0.3, 0.4) is 0 Å². The van der Waals surface area contributed by atoms with Crippen LogP contribution < -0.4 is 21.3 Å². The normalized spacial score (nSPS) is 17.9. The molecule has 1 atom stereocenters. The van der Waals surface area contributed by atoms with Crippen LogP contribution in [0.4, 0.5) is 5.69 Å². The summed E-state index contributed by atoms with van der Waals surface area (Å²) in [5, 5.41) is 7.17. The highest BCUT2D eigenvalue weighted by atomic mass is 35.5. The molecule has 2 aliphatic heterocycles. The van der Waals surface area contributed by atoms with Gasteiger partial charge in [-0.1, -0.05) is 41.9 Å². The fraction of sp³-hybridized carbons (Fsp3) is 0.371. The lowest BCUT2D eigenvalue weighted by molar-refractivity contribution is -0.161. The molecule has 0 bridgehead atoms. The van der Waals surface area contributed by atoms with Gasteiger partial charge in [0.2, 0.25) is 17.5 Å². The van der Waals surface area contributed by atoms with Crippen LogP contribution >= 0.6 is 11.6 Å². The van der Waals surface area contributed by atoms with Crippen LogP contribution in [0.15, 0.2) is 52.1 Å². The first-order chi connectivity index (χ1) is 22.9. The summed E-state index contributed by atoms with van der Waals surface area (Å²) in [6.07, 6.45) is 1.89. The lowest BCUT2D eigenvalue weighted by atomic mass is 9.72. The Morgan fingerprint density at radius 1 is 1.02 bits per heavy atom. The van der Waals surface area contributed by atoms with E-state index in [9.17, 15) is 19.2 Å². The first-order valence-corrected chi connectivity index (χ1v) is 16.2. The highest BCUT2D eigenvalue weighted by Gasteiger charge is 2.55. The predicted molar refractivity (Wildman–Crippen MR) is 181 cm³/mol. The number of carbonyl (C=O) groups is 2. The van der Waals surface area contributed by atoms with E-state index in [1.807, 2.05) is 36.1 Å². The third kappa shape index (κ3) is 5.10. The highest BCUT2D eigenvalue weighted by Crippen LogP contribution is 2.50. The molecule has 248 valence electrons. The Kier molecular flexibility index (Phi) is 7.75. The Bertz CT molecular complexity index is 2130. The van der Waals surface area contributed by atoms with Gasteiger partial charge in [0.15, 0.2) is 0 Å². The molecule has 4 heterocycles. The van der Waals surface area contributed by atoms with Crippen molar-refractivity contribution in [2.75, 3.05) is 38.6 Å². The van der Waals surface area contributed by atoms with Crippen molar-refractivity contribution in [1.82, 2.24) is 29.1 Å². The van der Waals surface area contributed by atoms with Gasteiger partial charge in [0, 0.05) is 81.0 Å². The minimum Gasteiger partial charge on any atom is -0.481 e. The van der Waals surface area contributed by atoms with Crippen molar-refractivity contribution in [2.24, 2.45) is 19.5 Å². The summed E-state index contributed by atoms with van der Waals surface area (Å²) >= 11 is 7.13. The van der Waals surface area contributed by atoms with Crippen LogP contribution in [-0.4, -0.2) is 74.2 Å². The lowest BCUT2D eigenvalue weighted by Gasteiger charge is -2.61. The molecule has 1 aliphatic carbocycles. The van der Waals surface area contributed by atoms with Gasteiger partial charge in [0.25, 0.3) is 11.5 Å². The van der Waals surface area contributed by atoms with Gasteiger partial charge in [-0.05, 0) is 48.6 Å². The molecule has 0 saturated carbocycles. The number of hydrogen-bond donors (Lipinski definition) is 1. The molecule has 1 spiro atoms. The quantitative estimate of drug-likeness (QED) is 0.330. The number of rotatable bonds is 6. The van der Waals surface area contributed by atoms with E-state index >= 15 is 0 Å². The Morgan fingerprint density at radius 3 is 2.42 bits per heavy atom. The van der Waals surface area contributed by atoms with Crippen molar-refractivity contribution in [2.45, 2.75) is 32.7 Å². The van der Waals surface area contributed by atoms with Gasteiger partial charge >= 0.3 is 5.69 Å². The number of aryl methyl sites for hydroxylation is 2.